The second kappa shape index (κ2) is 11.9. The molecule has 0 unspecified atom stereocenters. The first-order chi connectivity index (χ1) is 11.8. The van der Waals surface area contributed by atoms with E-state index in [1.54, 1.807) is 0 Å². The van der Waals surface area contributed by atoms with Crippen LogP contribution in [0.15, 0.2) is 48.5 Å². The van der Waals surface area contributed by atoms with E-state index in [4.69, 9.17) is 0 Å². The van der Waals surface area contributed by atoms with Crippen LogP contribution >= 0.6 is 0 Å². The zero-order valence-electron chi connectivity index (χ0n) is 14.8. The molecular weight excluding hydrogens is 374 g/mol. The molecule has 0 fully saturated rings. The number of aromatic carboxylic acids is 2. The summed E-state index contributed by atoms with van der Waals surface area (Å²) in [5.41, 5.74) is 0.605. The third kappa shape index (κ3) is 8.25. The number of carboxylic acid groups (broad SMARTS) is 2. The van der Waals surface area contributed by atoms with Crippen molar-refractivity contribution in [2.24, 2.45) is 0 Å². The Bertz CT molecular complexity index is 753. The molecule has 0 atom stereocenters. The average molecular weight is 386 g/mol. The van der Waals surface area contributed by atoms with Crippen molar-refractivity contribution in [2.45, 2.75) is 6.42 Å². The van der Waals surface area contributed by atoms with Crippen molar-refractivity contribution in [1.82, 2.24) is 0 Å². The first kappa shape index (κ1) is 25.3. The predicted octanol–water partition coefficient (Wildman–Crippen LogP) is -6.61. The van der Waals surface area contributed by atoms with Crippen LogP contribution in [0.25, 0.3) is 0 Å². The number of carboxylic acids is 2. The van der Waals surface area contributed by atoms with E-state index in [2.05, 4.69) is 10.6 Å². The van der Waals surface area contributed by atoms with Crippen molar-refractivity contribution in [3.63, 3.8) is 0 Å². The van der Waals surface area contributed by atoms with Crippen LogP contribution < -0.4 is 80.0 Å². The third-order valence-corrected chi connectivity index (χ3v) is 3.13. The van der Waals surface area contributed by atoms with E-state index >= 15 is 0 Å². The average Bonchev–Trinajstić information content (AvgIpc) is 2.55. The predicted molar refractivity (Wildman–Crippen MR) is 83.4 cm³/mol. The Hall–Kier alpha value is -1.68. The van der Waals surface area contributed by atoms with Gasteiger partial charge in [-0.1, -0.05) is 24.3 Å². The van der Waals surface area contributed by atoms with E-state index in [0.717, 1.165) is 0 Å². The molecule has 0 spiro atoms. The molecule has 2 N–H and O–H groups in total. The molecule has 2 amide bonds. The van der Waals surface area contributed by atoms with Crippen molar-refractivity contribution in [2.75, 3.05) is 10.6 Å². The van der Waals surface area contributed by atoms with E-state index in [1.807, 2.05) is 0 Å². The van der Waals surface area contributed by atoms with E-state index in [-0.39, 0.29) is 70.2 Å². The number of anilines is 2. The van der Waals surface area contributed by atoms with Crippen LogP contribution in [0.4, 0.5) is 11.4 Å². The second-order valence-corrected chi connectivity index (χ2v) is 5.00. The SMILES string of the molecule is O=C(CC(=O)Nc1ccc(C(=O)[O-])cc1)Nc1ccc(C(=O)[O-])cc1.[Na+].[Na+]. The number of rotatable bonds is 6. The van der Waals surface area contributed by atoms with Gasteiger partial charge in [-0.15, -0.1) is 0 Å². The third-order valence-electron chi connectivity index (χ3n) is 3.13. The van der Waals surface area contributed by atoms with Gasteiger partial charge in [-0.3, -0.25) is 9.59 Å². The van der Waals surface area contributed by atoms with Gasteiger partial charge in [-0.2, -0.15) is 0 Å². The summed E-state index contributed by atoms with van der Waals surface area (Å²) < 4.78 is 0. The van der Waals surface area contributed by atoms with Crippen LogP contribution in [0.2, 0.25) is 0 Å². The number of carbonyl (C=O) groups is 4. The van der Waals surface area contributed by atoms with Gasteiger partial charge < -0.3 is 30.4 Å². The minimum Gasteiger partial charge on any atom is -0.545 e. The standard InChI is InChI=1S/C17H14N2O6.2Na/c20-14(18-12-5-1-10(2-6-12)16(22)23)9-15(21)19-13-7-3-11(4-8-13)17(24)25;;/h1-8H,9H2,(H,18,20)(H,19,21)(H,22,23)(H,24,25);;/q;2*+1/p-2. The largest absolute Gasteiger partial charge is 1.00 e. The van der Waals surface area contributed by atoms with Crippen LogP contribution in [0, 0.1) is 0 Å². The Labute approximate surface area is 198 Å². The van der Waals surface area contributed by atoms with Crippen molar-refractivity contribution in [3.05, 3.63) is 59.7 Å². The van der Waals surface area contributed by atoms with Gasteiger partial charge in [-0.05, 0) is 35.4 Å². The van der Waals surface area contributed by atoms with Gasteiger partial charge in [0.1, 0.15) is 6.42 Å². The van der Waals surface area contributed by atoms with Gasteiger partial charge in [0.05, 0.1) is 11.9 Å². The van der Waals surface area contributed by atoms with Crippen LogP contribution in [0.5, 0.6) is 0 Å². The zero-order valence-corrected chi connectivity index (χ0v) is 18.8. The molecular formula is C17H12N2Na2O6. The number of hydrogen-bond acceptors (Lipinski definition) is 6. The monoisotopic (exact) mass is 386 g/mol. The molecule has 0 bridgehead atoms. The van der Waals surface area contributed by atoms with Crippen LogP contribution in [-0.4, -0.2) is 23.8 Å². The maximum atomic E-state index is 11.8. The molecule has 2 aromatic rings. The summed E-state index contributed by atoms with van der Waals surface area (Å²) in [5, 5.41) is 26.1. The molecule has 0 heterocycles. The number of benzene rings is 2. The van der Waals surface area contributed by atoms with Crippen molar-refractivity contribution in [1.29, 1.82) is 0 Å². The molecule has 10 heteroatoms. The van der Waals surface area contributed by atoms with E-state index in [0.29, 0.717) is 11.4 Å². The molecule has 2 aromatic carbocycles. The topological polar surface area (TPSA) is 138 Å². The zero-order chi connectivity index (χ0) is 18.4. The van der Waals surface area contributed by atoms with Crippen molar-refractivity contribution < 1.29 is 88.5 Å². The number of amides is 2. The van der Waals surface area contributed by atoms with Gasteiger partial charge >= 0.3 is 59.1 Å². The van der Waals surface area contributed by atoms with Gasteiger partial charge in [0.2, 0.25) is 11.8 Å². The first-order valence-corrected chi connectivity index (χ1v) is 7.07. The fourth-order valence-corrected chi connectivity index (χ4v) is 1.94. The van der Waals surface area contributed by atoms with Crippen LogP contribution in [-0.2, 0) is 9.59 Å². The molecule has 0 saturated heterocycles. The molecule has 0 aliphatic rings. The Morgan fingerprint density at radius 2 is 0.926 bits per heavy atom. The molecule has 0 aliphatic heterocycles. The van der Waals surface area contributed by atoms with Gasteiger partial charge in [-0.25, -0.2) is 0 Å². The van der Waals surface area contributed by atoms with Gasteiger partial charge in [0.25, 0.3) is 0 Å². The molecule has 128 valence electrons. The van der Waals surface area contributed by atoms with Gasteiger partial charge in [0, 0.05) is 11.4 Å². The van der Waals surface area contributed by atoms with Crippen LogP contribution in [0.1, 0.15) is 27.1 Å². The fourth-order valence-electron chi connectivity index (χ4n) is 1.94. The Balaban J connectivity index is 0.00000338. The van der Waals surface area contributed by atoms with E-state index in [1.165, 1.54) is 48.5 Å². The Kier molecular flexibility index (Phi) is 11.2. The number of hydrogen-bond donors (Lipinski definition) is 2. The number of nitrogens with one attached hydrogen (secondary N) is 2. The molecule has 0 saturated carbocycles. The maximum absolute atomic E-state index is 11.8. The van der Waals surface area contributed by atoms with Gasteiger partial charge in [0.15, 0.2) is 0 Å². The first-order valence-electron chi connectivity index (χ1n) is 7.07. The molecule has 27 heavy (non-hydrogen) atoms. The van der Waals surface area contributed by atoms with Crippen LogP contribution in [0.3, 0.4) is 0 Å². The summed E-state index contributed by atoms with van der Waals surface area (Å²) in [7, 11) is 0. The maximum Gasteiger partial charge on any atom is 1.00 e. The normalized spacial score (nSPS) is 9.19. The molecule has 2 rings (SSSR count). The molecule has 8 nitrogen and oxygen atoms in total. The smallest absolute Gasteiger partial charge is 0.545 e. The summed E-state index contributed by atoms with van der Waals surface area (Å²) in [6.07, 6.45) is -0.468. The Morgan fingerprint density at radius 3 is 1.19 bits per heavy atom. The summed E-state index contributed by atoms with van der Waals surface area (Å²) >= 11 is 0. The van der Waals surface area contributed by atoms with Crippen molar-refractivity contribution >= 4 is 35.1 Å². The minimum absolute atomic E-state index is 0. The fraction of sp³-hybridized carbons (Fsp3) is 0.0588. The van der Waals surface area contributed by atoms with Crippen molar-refractivity contribution in [3.8, 4) is 0 Å². The molecule has 0 radical (unpaired) electrons. The molecule has 0 aliphatic carbocycles. The second-order valence-electron chi connectivity index (χ2n) is 5.00. The summed E-state index contributed by atoms with van der Waals surface area (Å²) in [5.74, 6) is -3.85. The number of carbonyl (C=O) groups excluding carboxylic acids is 4. The Morgan fingerprint density at radius 1 is 0.630 bits per heavy atom. The minimum atomic E-state index is -1.33. The summed E-state index contributed by atoms with van der Waals surface area (Å²) in [6, 6.07) is 10.6. The van der Waals surface area contributed by atoms with E-state index < -0.39 is 30.2 Å². The summed E-state index contributed by atoms with van der Waals surface area (Å²) in [4.78, 5) is 44.8. The summed E-state index contributed by atoms with van der Waals surface area (Å²) in [6.45, 7) is 0. The molecule has 0 aromatic heterocycles. The van der Waals surface area contributed by atoms with E-state index in [9.17, 15) is 29.4 Å². The quantitative estimate of drug-likeness (QED) is 0.374.